The van der Waals surface area contributed by atoms with Gasteiger partial charge in [-0.25, -0.2) is 13.8 Å². The molecule has 0 spiro atoms. The van der Waals surface area contributed by atoms with E-state index in [0.717, 1.165) is 27.9 Å². The molecule has 1 aromatic heterocycles. The molecule has 0 fully saturated rings. The number of aromatic nitrogens is 1. The molecule has 3 aromatic rings. The Bertz CT molecular complexity index is 1080. The lowest BCUT2D eigenvalue weighted by atomic mass is 10.1. The Morgan fingerprint density at radius 1 is 1.14 bits per heavy atom. The van der Waals surface area contributed by atoms with E-state index in [9.17, 15) is 18.4 Å². The maximum atomic E-state index is 14.1. The first kappa shape index (κ1) is 19.6. The molecule has 1 heterocycles. The van der Waals surface area contributed by atoms with Crippen LogP contribution in [0.25, 0.3) is 6.08 Å². The summed E-state index contributed by atoms with van der Waals surface area (Å²) in [5, 5.41) is 1.87. The van der Waals surface area contributed by atoms with E-state index >= 15 is 0 Å². The predicted molar refractivity (Wildman–Crippen MR) is 106 cm³/mol. The number of hydrogen-bond donors (Lipinski definition) is 0. The SMILES string of the molecule is CC(=O)N(c1nc(/C=C/C(=O)c2cccc(C)c2)cs1)c1ccc(F)cc1F. The largest absolute Gasteiger partial charge is 0.289 e. The number of thiazole rings is 1. The molecule has 4 nitrogen and oxygen atoms in total. The van der Waals surface area contributed by atoms with Gasteiger partial charge in [0.15, 0.2) is 10.9 Å². The van der Waals surface area contributed by atoms with Gasteiger partial charge in [-0.05, 0) is 37.3 Å². The van der Waals surface area contributed by atoms with Crippen LogP contribution in [0.3, 0.4) is 0 Å². The summed E-state index contributed by atoms with van der Waals surface area (Å²) in [5.41, 5.74) is 1.91. The van der Waals surface area contributed by atoms with Crippen LogP contribution in [0.15, 0.2) is 53.9 Å². The Kier molecular flexibility index (Phi) is 5.75. The number of rotatable bonds is 5. The van der Waals surface area contributed by atoms with Crippen LogP contribution in [-0.4, -0.2) is 16.7 Å². The molecule has 0 aliphatic carbocycles. The van der Waals surface area contributed by atoms with E-state index in [0.29, 0.717) is 17.3 Å². The van der Waals surface area contributed by atoms with Crippen LogP contribution < -0.4 is 4.90 Å². The van der Waals surface area contributed by atoms with Crippen molar-refractivity contribution >= 4 is 39.9 Å². The molecule has 0 aliphatic rings. The molecule has 0 atom stereocenters. The number of carbonyl (C=O) groups excluding carboxylic acids is 2. The Labute approximate surface area is 164 Å². The minimum Gasteiger partial charge on any atom is -0.289 e. The van der Waals surface area contributed by atoms with Gasteiger partial charge in [0.2, 0.25) is 5.91 Å². The quantitative estimate of drug-likeness (QED) is 0.432. The van der Waals surface area contributed by atoms with Crippen molar-refractivity contribution in [1.82, 2.24) is 4.98 Å². The van der Waals surface area contributed by atoms with Crippen molar-refractivity contribution in [2.24, 2.45) is 0 Å². The third-order valence-electron chi connectivity index (χ3n) is 3.87. The van der Waals surface area contributed by atoms with E-state index < -0.39 is 17.5 Å². The summed E-state index contributed by atoms with van der Waals surface area (Å²) < 4.78 is 27.3. The van der Waals surface area contributed by atoms with Crippen LogP contribution in [0.4, 0.5) is 19.6 Å². The van der Waals surface area contributed by atoms with E-state index in [1.165, 1.54) is 25.1 Å². The van der Waals surface area contributed by atoms with Crippen LogP contribution in [0.1, 0.15) is 28.5 Å². The number of carbonyl (C=O) groups is 2. The first-order valence-corrected chi connectivity index (χ1v) is 9.23. The minimum atomic E-state index is -0.864. The zero-order valence-corrected chi connectivity index (χ0v) is 16.0. The number of anilines is 2. The highest BCUT2D eigenvalue weighted by molar-refractivity contribution is 7.14. The third-order valence-corrected chi connectivity index (χ3v) is 4.72. The zero-order valence-electron chi connectivity index (χ0n) is 15.1. The number of benzene rings is 2. The first-order valence-electron chi connectivity index (χ1n) is 8.35. The summed E-state index contributed by atoms with van der Waals surface area (Å²) in [6.45, 7) is 3.17. The Balaban J connectivity index is 1.85. The van der Waals surface area contributed by atoms with Crippen molar-refractivity contribution in [3.8, 4) is 0 Å². The average molecular weight is 398 g/mol. The van der Waals surface area contributed by atoms with E-state index in [1.807, 2.05) is 13.0 Å². The lowest BCUT2D eigenvalue weighted by Crippen LogP contribution is -2.23. The third kappa shape index (κ3) is 4.37. The second kappa shape index (κ2) is 8.22. The van der Waals surface area contributed by atoms with Gasteiger partial charge in [0.05, 0.1) is 11.4 Å². The summed E-state index contributed by atoms with van der Waals surface area (Å²) in [4.78, 5) is 29.6. The van der Waals surface area contributed by atoms with Gasteiger partial charge in [0.1, 0.15) is 11.6 Å². The fraction of sp³-hybridized carbons (Fsp3) is 0.0952. The summed E-state index contributed by atoms with van der Waals surface area (Å²) in [7, 11) is 0. The molecule has 7 heteroatoms. The van der Waals surface area contributed by atoms with Crippen molar-refractivity contribution < 1.29 is 18.4 Å². The highest BCUT2D eigenvalue weighted by Crippen LogP contribution is 2.31. The van der Waals surface area contributed by atoms with Gasteiger partial charge in [-0.2, -0.15) is 0 Å². The first-order chi connectivity index (χ1) is 13.3. The molecule has 0 N–H and O–H groups in total. The molecular weight excluding hydrogens is 382 g/mol. The van der Waals surface area contributed by atoms with E-state index in [2.05, 4.69) is 4.98 Å². The smallest absolute Gasteiger partial charge is 0.230 e. The maximum absolute atomic E-state index is 14.1. The average Bonchev–Trinajstić information content (AvgIpc) is 3.10. The highest BCUT2D eigenvalue weighted by atomic mass is 32.1. The Morgan fingerprint density at radius 3 is 2.61 bits per heavy atom. The van der Waals surface area contributed by atoms with E-state index in [4.69, 9.17) is 0 Å². The molecule has 28 heavy (non-hydrogen) atoms. The van der Waals surface area contributed by atoms with Gasteiger partial charge < -0.3 is 0 Å². The van der Waals surface area contributed by atoms with Gasteiger partial charge in [0.25, 0.3) is 0 Å². The Morgan fingerprint density at radius 2 is 1.93 bits per heavy atom. The Hall–Kier alpha value is -3.19. The van der Waals surface area contributed by atoms with Gasteiger partial charge in [-0.3, -0.25) is 14.5 Å². The topological polar surface area (TPSA) is 50.3 Å². The summed E-state index contributed by atoms with van der Waals surface area (Å²) in [6, 6.07) is 10.2. The molecule has 142 valence electrons. The lowest BCUT2D eigenvalue weighted by Gasteiger charge is -2.18. The van der Waals surface area contributed by atoms with Crippen LogP contribution in [0.5, 0.6) is 0 Å². The van der Waals surface area contributed by atoms with Crippen molar-refractivity contribution in [3.63, 3.8) is 0 Å². The van der Waals surface area contributed by atoms with E-state index in [1.54, 1.807) is 23.6 Å². The maximum Gasteiger partial charge on any atom is 0.230 e. The standard InChI is InChI=1S/C21H16F2N2O2S/c1-13-4-3-5-15(10-13)20(27)9-7-17-12-28-21(24-17)25(14(2)26)19-8-6-16(22)11-18(19)23/h3-12H,1-2H3/b9-7+. The molecule has 0 radical (unpaired) electrons. The van der Waals surface area contributed by atoms with Crippen LogP contribution in [-0.2, 0) is 4.79 Å². The molecule has 3 rings (SSSR count). The number of nitrogens with zero attached hydrogens (tertiary/aromatic N) is 2. The van der Waals surface area contributed by atoms with Crippen molar-refractivity contribution in [2.45, 2.75) is 13.8 Å². The van der Waals surface area contributed by atoms with Crippen molar-refractivity contribution in [1.29, 1.82) is 0 Å². The van der Waals surface area contributed by atoms with Gasteiger partial charge in [0, 0.05) is 23.9 Å². The van der Waals surface area contributed by atoms with Crippen molar-refractivity contribution in [3.05, 3.63) is 82.4 Å². The van der Waals surface area contributed by atoms with Gasteiger partial charge in [-0.15, -0.1) is 11.3 Å². The molecular formula is C21H16F2N2O2S. The highest BCUT2D eigenvalue weighted by Gasteiger charge is 2.21. The van der Waals surface area contributed by atoms with Crippen molar-refractivity contribution in [2.75, 3.05) is 4.90 Å². The summed E-state index contributed by atoms with van der Waals surface area (Å²) in [6.07, 6.45) is 2.92. The summed E-state index contributed by atoms with van der Waals surface area (Å²) >= 11 is 1.11. The monoisotopic (exact) mass is 398 g/mol. The zero-order chi connectivity index (χ0) is 20.3. The second-order valence-electron chi connectivity index (χ2n) is 6.07. The van der Waals surface area contributed by atoms with Crippen LogP contribution >= 0.6 is 11.3 Å². The number of ketones is 1. The number of halogens is 2. The fourth-order valence-electron chi connectivity index (χ4n) is 2.58. The fourth-order valence-corrected chi connectivity index (χ4v) is 3.43. The number of amides is 1. The molecule has 2 aromatic carbocycles. The number of allylic oxidation sites excluding steroid dienone is 1. The van der Waals surface area contributed by atoms with Gasteiger partial charge in [-0.1, -0.05) is 23.8 Å². The minimum absolute atomic E-state index is 0.0883. The summed E-state index contributed by atoms with van der Waals surface area (Å²) in [5.74, 6) is -2.24. The normalized spacial score (nSPS) is 11.0. The number of hydrogen-bond acceptors (Lipinski definition) is 4. The molecule has 0 saturated heterocycles. The molecule has 0 aliphatic heterocycles. The predicted octanol–water partition coefficient (Wildman–Crippen LogP) is 5.31. The molecule has 0 saturated carbocycles. The van der Waals surface area contributed by atoms with Crippen LogP contribution in [0, 0.1) is 18.6 Å². The second-order valence-corrected chi connectivity index (χ2v) is 6.91. The van der Waals surface area contributed by atoms with Gasteiger partial charge >= 0.3 is 0 Å². The molecule has 0 bridgehead atoms. The van der Waals surface area contributed by atoms with Crippen LogP contribution in [0.2, 0.25) is 0 Å². The molecule has 0 unspecified atom stereocenters. The number of aryl methyl sites for hydroxylation is 1. The van der Waals surface area contributed by atoms with E-state index in [-0.39, 0.29) is 16.6 Å². The lowest BCUT2D eigenvalue weighted by molar-refractivity contribution is -0.115. The molecule has 1 amide bonds.